The van der Waals surface area contributed by atoms with E-state index < -0.39 is 24.4 Å². The average molecular weight is 171 g/mol. The van der Waals surface area contributed by atoms with E-state index in [1.165, 1.54) is 0 Å². The van der Waals surface area contributed by atoms with E-state index in [1.807, 2.05) is 0 Å². The molecule has 0 radical (unpaired) electrons. The molecule has 0 N–H and O–H groups in total. The second-order valence-electron chi connectivity index (χ2n) is 1.61. The molecule has 0 aliphatic heterocycles. The molecule has 0 heterocycles. The topological polar surface area (TPSA) is 40.1 Å². The van der Waals surface area contributed by atoms with E-state index >= 15 is 0 Å². The molecule has 0 saturated carbocycles. The first-order chi connectivity index (χ1) is 4.88. The van der Waals surface area contributed by atoms with Crippen LogP contribution in [0.25, 0.3) is 0 Å². The second kappa shape index (κ2) is 3.36. The van der Waals surface area contributed by atoms with Crippen LogP contribution in [-0.4, -0.2) is 18.6 Å². The molecule has 0 unspecified atom stereocenters. The molecule has 0 aromatic heterocycles. The van der Waals surface area contributed by atoms with Gasteiger partial charge in [0.05, 0.1) is 0 Å². The van der Waals surface area contributed by atoms with E-state index in [-0.39, 0.29) is 6.08 Å². The summed E-state index contributed by atoms with van der Waals surface area (Å²) in [5.74, 6) is -3.81. The van der Waals surface area contributed by atoms with E-state index in [0.717, 1.165) is 0 Å². The van der Waals surface area contributed by atoms with Crippen molar-refractivity contribution in [2.45, 2.75) is 6.18 Å². The molecule has 0 rings (SSSR count). The van der Waals surface area contributed by atoms with Gasteiger partial charge in [-0.3, -0.25) is 4.79 Å². The summed E-state index contributed by atoms with van der Waals surface area (Å²) < 4.78 is 45.1. The standard InChI is InChI=1S/C5H4F4O2/c6-2-3(10)1-4(11)5(7,8)9/h1,11H,2H2/p-1/b4-1-. The number of hydrogen-bond acceptors (Lipinski definition) is 2. The SMILES string of the molecule is O=C(/C=C(\[O-])C(F)(F)F)CF. The Hall–Kier alpha value is -1.07. The van der Waals surface area contributed by atoms with E-state index in [4.69, 9.17) is 0 Å². The lowest BCUT2D eigenvalue weighted by molar-refractivity contribution is -0.360. The summed E-state index contributed by atoms with van der Waals surface area (Å²) in [6.45, 7) is -1.60. The monoisotopic (exact) mass is 171 g/mol. The molecule has 6 heteroatoms. The van der Waals surface area contributed by atoms with Crippen molar-refractivity contribution in [3.05, 3.63) is 11.8 Å². The van der Waals surface area contributed by atoms with Gasteiger partial charge in [0, 0.05) is 0 Å². The molecule has 0 fully saturated rings. The van der Waals surface area contributed by atoms with Crippen LogP contribution in [0.1, 0.15) is 0 Å². The molecule has 2 nitrogen and oxygen atoms in total. The summed E-state index contributed by atoms with van der Waals surface area (Å²) in [6, 6.07) is 0. The van der Waals surface area contributed by atoms with E-state index in [9.17, 15) is 27.5 Å². The first-order valence-electron chi connectivity index (χ1n) is 2.42. The van der Waals surface area contributed by atoms with Gasteiger partial charge in [0.2, 0.25) is 0 Å². The van der Waals surface area contributed by atoms with Crippen LogP contribution in [0.3, 0.4) is 0 Å². The van der Waals surface area contributed by atoms with E-state index in [0.29, 0.717) is 0 Å². The van der Waals surface area contributed by atoms with Gasteiger partial charge in [-0.1, -0.05) is 0 Å². The summed E-state index contributed by atoms with van der Waals surface area (Å²) in [4.78, 5) is 9.92. The lowest BCUT2D eigenvalue weighted by atomic mass is 10.3. The normalized spacial score (nSPS) is 13.3. The van der Waals surface area contributed by atoms with Gasteiger partial charge in [-0.25, -0.2) is 4.39 Å². The van der Waals surface area contributed by atoms with E-state index in [2.05, 4.69) is 0 Å². The predicted octanol–water partition coefficient (Wildman–Crippen LogP) is 0.331. The van der Waals surface area contributed by atoms with Crippen molar-refractivity contribution in [3.63, 3.8) is 0 Å². The van der Waals surface area contributed by atoms with Crippen LogP contribution in [0.5, 0.6) is 0 Å². The molecule has 11 heavy (non-hydrogen) atoms. The molecular formula is C5H3F4O2-. The van der Waals surface area contributed by atoms with Gasteiger partial charge < -0.3 is 5.11 Å². The molecule has 0 aromatic carbocycles. The molecule has 0 saturated heterocycles. The smallest absolute Gasteiger partial charge is 0.402 e. The fourth-order valence-electron chi connectivity index (χ4n) is 0.267. The number of halogens is 4. The van der Waals surface area contributed by atoms with Gasteiger partial charge in [0.15, 0.2) is 12.5 Å². The molecule has 0 spiro atoms. The number of alkyl halides is 4. The molecule has 0 atom stereocenters. The fraction of sp³-hybridized carbons (Fsp3) is 0.400. The maximum Gasteiger partial charge on any atom is 0.402 e. The van der Waals surface area contributed by atoms with Crippen LogP contribution in [-0.2, 0) is 4.79 Å². The minimum Gasteiger partial charge on any atom is -0.869 e. The zero-order valence-corrected chi connectivity index (χ0v) is 5.11. The highest BCUT2D eigenvalue weighted by Gasteiger charge is 2.26. The third kappa shape index (κ3) is 3.59. The first-order valence-corrected chi connectivity index (χ1v) is 2.42. The van der Waals surface area contributed by atoms with Crippen LogP contribution in [0.15, 0.2) is 11.8 Å². The quantitative estimate of drug-likeness (QED) is 0.341. The molecule has 0 aliphatic rings. The number of hydrogen-bond donors (Lipinski definition) is 0. The highest BCUT2D eigenvalue weighted by Crippen LogP contribution is 2.20. The first kappa shape index (κ1) is 9.93. The Labute approximate surface area is 59.1 Å². The molecule has 0 aliphatic carbocycles. The molecule has 0 aromatic rings. The Morgan fingerprint density at radius 1 is 1.45 bits per heavy atom. The van der Waals surface area contributed by atoms with Gasteiger partial charge in [0.1, 0.15) is 0 Å². The zero-order valence-electron chi connectivity index (χ0n) is 5.11. The Kier molecular flexibility index (Phi) is 3.03. The highest BCUT2D eigenvalue weighted by atomic mass is 19.4. The summed E-state index contributed by atoms with van der Waals surface area (Å²) in [6.07, 6.45) is -5.40. The third-order valence-corrected chi connectivity index (χ3v) is 0.703. The van der Waals surface area contributed by atoms with Crippen molar-refractivity contribution in [3.8, 4) is 0 Å². The number of rotatable bonds is 2. The molecule has 0 bridgehead atoms. The molecular weight excluding hydrogens is 168 g/mol. The van der Waals surface area contributed by atoms with Crippen molar-refractivity contribution in [2.75, 3.05) is 6.67 Å². The Bertz CT molecular complexity index is 181. The van der Waals surface area contributed by atoms with Crippen molar-refractivity contribution < 1.29 is 27.5 Å². The van der Waals surface area contributed by atoms with Crippen LogP contribution >= 0.6 is 0 Å². The van der Waals surface area contributed by atoms with E-state index in [1.54, 1.807) is 0 Å². The van der Waals surface area contributed by atoms with Crippen LogP contribution in [0, 0.1) is 0 Å². The second-order valence-corrected chi connectivity index (χ2v) is 1.61. The van der Waals surface area contributed by atoms with Crippen LogP contribution < -0.4 is 5.11 Å². The molecule has 0 amide bonds. The minimum absolute atomic E-state index is 0.306. The fourth-order valence-corrected chi connectivity index (χ4v) is 0.267. The largest absolute Gasteiger partial charge is 0.869 e. The minimum atomic E-state index is -5.09. The number of carbonyl (C=O) groups excluding carboxylic acids is 1. The number of allylic oxidation sites excluding steroid dienone is 2. The van der Waals surface area contributed by atoms with Crippen molar-refractivity contribution >= 4 is 5.78 Å². The Morgan fingerprint density at radius 2 is 1.91 bits per heavy atom. The van der Waals surface area contributed by atoms with Gasteiger partial charge in [-0.05, 0) is 11.8 Å². The number of ketones is 1. The zero-order chi connectivity index (χ0) is 9.07. The van der Waals surface area contributed by atoms with Crippen molar-refractivity contribution in [1.82, 2.24) is 0 Å². The summed E-state index contributed by atoms with van der Waals surface area (Å²) >= 11 is 0. The summed E-state index contributed by atoms with van der Waals surface area (Å²) in [5.41, 5.74) is 0. The van der Waals surface area contributed by atoms with Gasteiger partial charge >= 0.3 is 6.18 Å². The van der Waals surface area contributed by atoms with Gasteiger partial charge in [-0.2, -0.15) is 13.2 Å². The Morgan fingerprint density at radius 3 is 2.18 bits per heavy atom. The summed E-state index contributed by atoms with van der Waals surface area (Å²) in [7, 11) is 0. The maximum atomic E-state index is 11.3. The van der Waals surface area contributed by atoms with Crippen LogP contribution in [0.4, 0.5) is 17.6 Å². The maximum absolute atomic E-state index is 11.3. The van der Waals surface area contributed by atoms with Crippen molar-refractivity contribution in [1.29, 1.82) is 0 Å². The lowest BCUT2D eigenvalue weighted by Gasteiger charge is -2.14. The lowest BCUT2D eigenvalue weighted by Crippen LogP contribution is -2.24. The van der Waals surface area contributed by atoms with Crippen molar-refractivity contribution in [2.24, 2.45) is 0 Å². The predicted molar refractivity (Wildman–Crippen MR) is 25.1 cm³/mol. The van der Waals surface area contributed by atoms with Crippen LogP contribution in [0.2, 0.25) is 0 Å². The highest BCUT2D eigenvalue weighted by molar-refractivity contribution is 5.91. The third-order valence-electron chi connectivity index (χ3n) is 0.703. The Balaban J connectivity index is 4.35. The number of carbonyl (C=O) groups is 1. The average Bonchev–Trinajstić information content (AvgIpc) is 1.85. The molecule has 64 valence electrons. The summed E-state index contributed by atoms with van der Waals surface area (Å²) in [5, 5.41) is 9.87. The van der Waals surface area contributed by atoms with Gasteiger partial charge in [-0.15, -0.1) is 0 Å². The van der Waals surface area contributed by atoms with Gasteiger partial charge in [0.25, 0.3) is 0 Å².